The van der Waals surface area contributed by atoms with E-state index in [0.29, 0.717) is 0 Å². The summed E-state index contributed by atoms with van der Waals surface area (Å²) in [6, 6.07) is 3.94. The lowest BCUT2D eigenvalue weighted by atomic mass is 10.1. The van der Waals surface area contributed by atoms with Crippen LogP contribution in [0.2, 0.25) is 0 Å². The molecular weight excluding hydrogens is 226 g/mol. The Morgan fingerprint density at radius 1 is 1.28 bits per heavy atom. The molecule has 0 radical (unpaired) electrons. The molecule has 0 fully saturated rings. The molecule has 0 aromatic carbocycles. The standard InChI is InChI=1S/C13H11N5/c1-2-18-6-8-10-12(15-7-16-13(10)18)17-9-4-3-5-14-11(8)9/h3-7H,2H2,1H3,(H,15,16,17). The Labute approximate surface area is 104 Å². The van der Waals surface area contributed by atoms with Crippen LogP contribution in [0.15, 0.2) is 30.9 Å². The van der Waals surface area contributed by atoms with Crippen molar-refractivity contribution >= 4 is 22.5 Å². The van der Waals surface area contributed by atoms with Gasteiger partial charge in [-0.25, -0.2) is 9.97 Å². The highest BCUT2D eigenvalue weighted by Crippen LogP contribution is 2.41. The van der Waals surface area contributed by atoms with Crippen LogP contribution in [0.3, 0.4) is 0 Å². The second-order valence-corrected chi connectivity index (χ2v) is 4.27. The van der Waals surface area contributed by atoms with Gasteiger partial charge in [-0.1, -0.05) is 0 Å². The van der Waals surface area contributed by atoms with Gasteiger partial charge in [0.1, 0.15) is 17.8 Å². The van der Waals surface area contributed by atoms with Crippen molar-refractivity contribution in [2.24, 2.45) is 0 Å². The molecule has 18 heavy (non-hydrogen) atoms. The molecular formula is C13H11N5. The summed E-state index contributed by atoms with van der Waals surface area (Å²) in [5, 5.41) is 4.38. The monoisotopic (exact) mass is 237 g/mol. The minimum absolute atomic E-state index is 0.864. The third kappa shape index (κ3) is 1.08. The van der Waals surface area contributed by atoms with Gasteiger partial charge >= 0.3 is 0 Å². The number of rotatable bonds is 1. The first-order valence-corrected chi connectivity index (χ1v) is 5.94. The van der Waals surface area contributed by atoms with Crippen LogP contribution in [0, 0.1) is 0 Å². The average Bonchev–Trinajstić information content (AvgIpc) is 2.80. The molecule has 4 heterocycles. The first-order chi connectivity index (χ1) is 8.88. The molecule has 0 spiro atoms. The lowest BCUT2D eigenvalue weighted by Crippen LogP contribution is -2.03. The normalized spacial score (nSPS) is 12.3. The Morgan fingerprint density at radius 2 is 2.22 bits per heavy atom. The maximum atomic E-state index is 4.46. The van der Waals surface area contributed by atoms with E-state index in [1.165, 1.54) is 0 Å². The highest BCUT2D eigenvalue weighted by Gasteiger charge is 2.23. The molecule has 4 rings (SSSR count). The minimum atomic E-state index is 0.864. The zero-order valence-corrected chi connectivity index (χ0v) is 9.88. The Balaban J connectivity index is 2.17. The van der Waals surface area contributed by atoms with E-state index in [9.17, 15) is 0 Å². The van der Waals surface area contributed by atoms with Crippen LogP contribution in [0.25, 0.3) is 22.3 Å². The summed E-state index contributed by atoms with van der Waals surface area (Å²) in [5.74, 6) is 0.864. The molecule has 3 aromatic rings. The third-order valence-electron chi connectivity index (χ3n) is 3.31. The second kappa shape index (κ2) is 3.29. The van der Waals surface area contributed by atoms with Crippen molar-refractivity contribution in [1.82, 2.24) is 19.5 Å². The Morgan fingerprint density at radius 3 is 3.11 bits per heavy atom. The molecule has 88 valence electrons. The molecule has 0 bridgehead atoms. The molecule has 0 saturated heterocycles. The van der Waals surface area contributed by atoms with Crippen LogP contribution in [-0.4, -0.2) is 19.5 Å². The molecule has 5 nitrogen and oxygen atoms in total. The fraction of sp³-hybridized carbons (Fsp3) is 0.154. The van der Waals surface area contributed by atoms with Crippen LogP contribution < -0.4 is 5.32 Å². The molecule has 5 heteroatoms. The molecule has 1 aliphatic rings. The van der Waals surface area contributed by atoms with Gasteiger partial charge in [0.05, 0.1) is 16.8 Å². The lowest BCUT2D eigenvalue weighted by Gasteiger charge is -2.15. The van der Waals surface area contributed by atoms with Crippen LogP contribution >= 0.6 is 0 Å². The van der Waals surface area contributed by atoms with Crippen molar-refractivity contribution < 1.29 is 0 Å². The smallest absolute Gasteiger partial charge is 0.146 e. The van der Waals surface area contributed by atoms with Gasteiger partial charge in [-0.3, -0.25) is 4.98 Å². The van der Waals surface area contributed by atoms with Crippen molar-refractivity contribution in [2.45, 2.75) is 13.5 Å². The molecule has 1 aliphatic heterocycles. The summed E-state index contributed by atoms with van der Waals surface area (Å²) in [7, 11) is 0. The minimum Gasteiger partial charge on any atom is -0.338 e. The maximum Gasteiger partial charge on any atom is 0.146 e. The Kier molecular flexibility index (Phi) is 1.75. The van der Waals surface area contributed by atoms with Crippen molar-refractivity contribution in [3.05, 3.63) is 30.9 Å². The average molecular weight is 237 g/mol. The van der Waals surface area contributed by atoms with Crippen LogP contribution in [0.4, 0.5) is 11.5 Å². The Bertz CT molecular complexity index is 759. The van der Waals surface area contributed by atoms with Gasteiger partial charge in [0.2, 0.25) is 0 Å². The van der Waals surface area contributed by atoms with Crippen molar-refractivity contribution in [2.75, 3.05) is 5.32 Å². The number of anilines is 2. The molecule has 0 aliphatic carbocycles. The molecule has 0 saturated carbocycles. The fourth-order valence-electron chi connectivity index (χ4n) is 2.49. The summed E-state index contributed by atoms with van der Waals surface area (Å²) in [4.78, 5) is 13.2. The number of aryl methyl sites for hydroxylation is 1. The number of fused-ring (bicyclic) bond motifs is 2. The summed E-state index contributed by atoms with van der Waals surface area (Å²) in [5.41, 5.74) is 4.04. The van der Waals surface area contributed by atoms with E-state index in [4.69, 9.17) is 0 Å². The van der Waals surface area contributed by atoms with E-state index < -0.39 is 0 Å². The molecule has 0 amide bonds. The van der Waals surface area contributed by atoms with Gasteiger partial charge in [0.15, 0.2) is 0 Å². The number of nitrogens with one attached hydrogen (secondary N) is 1. The van der Waals surface area contributed by atoms with Crippen LogP contribution in [0.1, 0.15) is 6.92 Å². The summed E-state index contributed by atoms with van der Waals surface area (Å²) in [6.07, 6.45) is 5.52. The maximum absolute atomic E-state index is 4.46. The summed E-state index contributed by atoms with van der Waals surface area (Å²) >= 11 is 0. The zero-order valence-electron chi connectivity index (χ0n) is 9.88. The molecule has 3 aromatic heterocycles. The molecule has 0 atom stereocenters. The summed E-state index contributed by atoms with van der Waals surface area (Å²) in [6.45, 7) is 2.99. The highest BCUT2D eigenvalue weighted by atomic mass is 15.1. The third-order valence-corrected chi connectivity index (χ3v) is 3.31. The van der Waals surface area contributed by atoms with Crippen molar-refractivity contribution in [1.29, 1.82) is 0 Å². The van der Waals surface area contributed by atoms with E-state index >= 15 is 0 Å². The Hall–Kier alpha value is -2.43. The quantitative estimate of drug-likeness (QED) is 0.552. The topological polar surface area (TPSA) is 55.6 Å². The van der Waals surface area contributed by atoms with E-state index in [1.807, 2.05) is 18.3 Å². The van der Waals surface area contributed by atoms with Gasteiger partial charge in [-0.05, 0) is 19.1 Å². The molecule has 0 unspecified atom stereocenters. The van der Waals surface area contributed by atoms with Gasteiger partial charge in [0.25, 0.3) is 0 Å². The highest BCUT2D eigenvalue weighted by molar-refractivity contribution is 6.07. The largest absolute Gasteiger partial charge is 0.338 e. The van der Waals surface area contributed by atoms with Crippen molar-refractivity contribution in [3.8, 4) is 11.3 Å². The number of aromatic nitrogens is 4. The van der Waals surface area contributed by atoms with Gasteiger partial charge in [-0.2, -0.15) is 0 Å². The van der Waals surface area contributed by atoms with Crippen LogP contribution in [-0.2, 0) is 6.54 Å². The van der Waals surface area contributed by atoms with Crippen molar-refractivity contribution in [3.63, 3.8) is 0 Å². The predicted octanol–water partition coefficient (Wildman–Crippen LogP) is 2.57. The number of hydrogen-bond donors (Lipinski definition) is 1. The van der Waals surface area contributed by atoms with Gasteiger partial charge in [-0.15, -0.1) is 0 Å². The van der Waals surface area contributed by atoms with E-state index in [-0.39, 0.29) is 0 Å². The molecule has 1 N–H and O–H groups in total. The fourth-order valence-corrected chi connectivity index (χ4v) is 2.49. The van der Waals surface area contributed by atoms with Gasteiger partial charge < -0.3 is 9.88 Å². The number of hydrogen-bond acceptors (Lipinski definition) is 4. The first kappa shape index (κ1) is 9.58. The number of pyridine rings is 1. The zero-order chi connectivity index (χ0) is 12.1. The van der Waals surface area contributed by atoms with Crippen LogP contribution in [0.5, 0.6) is 0 Å². The van der Waals surface area contributed by atoms with Gasteiger partial charge in [0, 0.05) is 24.5 Å². The predicted molar refractivity (Wildman–Crippen MR) is 69.7 cm³/mol. The SMILES string of the molecule is CCn1cc2c3c(ncnc31)Nc1cccnc1-2. The van der Waals surface area contributed by atoms with E-state index in [2.05, 4.69) is 38.0 Å². The van der Waals surface area contributed by atoms with E-state index in [0.717, 1.165) is 40.3 Å². The van der Waals surface area contributed by atoms with E-state index in [1.54, 1.807) is 6.33 Å². The second-order valence-electron chi connectivity index (χ2n) is 4.27. The number of nitrogens with zero attached hydrogens (tertiary/aromatic N) is 4. The summed E-state index contributed by atoms with van der Waals surface area (Å²) < 4.78 is 2.13. The first-order valence-electron chi connectivity index (χ1n) is 5.94. The lowest BCUT2D eigenvalue weighted by molar-refractivity contribution is 0.787.